The van der Waals surface area contributed by atoms with Gasteiger partial charge in [0.1, 0.15) is 5.76 Å². The summed E-state index contributed by atoms with van der Waals surface area (Å²) in [7, 11) is 0. The minimum absolute atomic E-state index is 0.0693. The molecule has 0 unspecified atom stereocenters. The number of carboxylic acid groups (broad SMARTS) is 1. The van der Waals surface area contributed by atoms with Crippen molar-refractivity contribution in [2.75, 3.05) is 5.32 Å². The van der Waals surface area contributed by atoms with E-state index in [0.29, 0.717) is 29.0 Å². The zero-order chi connectivity index (χ0) is 14.7. The molecular weight excluding hydrogens is 258 g/mol. The van der Waals surface area contributed by atoms with Gasteiger partial charge in [-0.1, -0.05) is 19.1 Å². The molecule has 0 saturated heterocycles. The Balaban J connectivity index is 2.35. The fourth-order valence-corrected chi connectivity index (χ4v) is 2.01. The Hall–Kier alpha value is -2.56. The minimum atomic E-state index is -1.08. The number of rotatable bonds is 4. The van der Waals surface area contributed by atoms with Gasteiger partial charge in [0, 0.05) is 6.42 Å². The SMILES string of the molecule is CCc1occc1C(=O)Nc1c(C)cccc1C(=O)O. The van der Waals surface area contributed by atoms with Crippen LogP contribution < -0.4 is 5.32 Å². The maximum Gasteiger partial charge on any atom is 0.337 e. The van der Waals surface area contributed by atoms with E-state index in [1.54, 1.807) is 25.1 Å². The molecule has 0 aliphatic carbocycles. The van der Waals surface area contributed by atoms with Gasteiger partial charge >= 0.3 is 5.97 Å². The Labute approximate surface area is 116 Å². The number of carboxylic acids is 1. The summed E-state index contributed by atoms with van der Waals surface area (Å²) in [6, 6.07) is 6.43. The van der Waals surface area contributed by atoms with Crippen molar-refractivity contribution in [2.45, 2.75) is 20.3 Å². The second-order valence-electron chi connectivity index (χ2n) is 4.37. The number of amides is 1. The van der Waals surface area contributed by atoms with Crippen LogP contribution in [0.2, 0.25) is 0 Å². The van der Waals surface area contributed by atoms with E-state index in [4.69, 9.17) is 9.52 Å². The van der Waals surface area contributed by atoms with Gasteiger partial charge in [0.05, 0.1) is 23.1 Å². The van der Waals surface area contributed by atoms with Crippen LogP contribution in [-0.4, -0.2) is 17.0 Å². The molecule has 0 aliphatic rings. The van der Waals surface area contributed by atoms with E-state index in [2.05, 4.69) is 5.32 Å². The van der Waals surface area contributed by atoms with Gasteiger partial charge in [0.25, 0.3) is 5.91 Å². The zero-order valence-electron chi connectivity index (χ0n) is 11.3. The first-order valence-electron chi connectivity index (χ1n) is 6.25. The molecule has 5 nitrogen and oxygen atoms in total. The lowest BCUT2D eigenvalue weighted by Crippen LogP contribution is -2.16. The molecule has 1 heterocycles. The second kappa shape index (κ2) is 5.61. The number of para-hydroxylation sites is 1. The van der Waals surface area contributed by atoms with Gasteiger partial charge in [0.2, 0.25) is 0 Å². The lowest BCUT2D eigenvalue weighted by molar-refractivity contribution is 0.0698. The van der Waals surface area contributed by atoms with Crippen LogP contribution in [0.5, 0.6) is 0 Å². The number of carbonyl (C=O) groups is 2. The summed E-state index contributed by atoms with van der Waals surface area (Å²) in [5.41, 5.74) is 1.50. The number of nitrogens with one attached hydrogen (secondary N) is 1. The summed E-state index contributed by atoms with van der Waals surface area (Å²) in [4.78, 5) is 23.4. The van der Waals surface area contributed by atoms with Crippen LogP contribution in [0.4, 0.5) is 5.69 Å². The summed E-state index contributed by atoms with van der Waals surface area (Å²) >= 11 is 0. The van der Waals surface area contributed by atoms with E-state index in [-0.39, 0.29) is 11.5 Å². The first-order chi connectivity index (χ1) is 9.54. The van der Waals surface area contributed by atoms with Crippen molar-refractivity contribution in [2.24, 2.45) is 0 Å². The molecule has 2 N–H and O–H groups in total. The van der Waals surface area contributed by atoms with Gasteiger partial charge in [0.15, 0.2) is 0 Å². The molecule has 1 amide bonds. The van der Waals surface area contributed by atoms with Crippen molar-refractivity contribution < 1.29 is 19.1 Å². The normalized spacial score (nSPS) is 10.3. The summed E-state index contributed by atoms with van der Waals surface area (Å²) in [6.07, 6.45) is 2.04. The number of carbonyl (C=O) groups excluding carboxylic acids is 1. The number of hydrogen-bond donors (Lipinski definition) is 2. The topological polar surface area (TPSA) is 79.5 Å². The third-order valence-electron chi connectivity index (χ3n) is 3.05. The maximum atomic E-state index is 12.2. The lowest BCUT2D eigenvalue weighted by atomic mass is 10.1. The van der Waals surface area contributed by atoms with E-state index in [1.165, 1.54) is 12.3 Å². The molecule has 1 aromatic carbocycles. The Morgan fingerprint density at radius 1 is 1.25 bits per heavy atom. The molecule has 20 heavy (non-hydrogen) atoms. The van der Waals surface area contributed by atoms with Gasteiger partial charge < -0.3 is 14.8 Å². The molecule has 0 aliphatic heterocycles. The van der Waals surface area contributed by atoms with Crippen molar-refractivity contribution in [3.05, 3.63) is 53.0 Å². The predicted octanol–water partition coefficient (Wildman–Crippen LogP) is 3.10. The number of hydrogen-bond acceptors (Lipinski definition) is 3. The van der Waals surface area contributed by atoms with Crippen LogP contribution in [0, 0.1) is 6.92 Å². The van der Waals surface area contributed by atoms with Crippen molar-refractivity contribution in [1.29, 1.82) is 0 Å². The molecule has 0 spiro atoms. The Morgan fingerprint density at radius 3 is 2.65 bits per heavy atom. The third kappa shape index (κ3) is 2.56. The van der Waals surface area contributed by atoms with Gasteiger partial charge in [-0.2, -0.15) is 0 Å². The van der Waals surface area contributed by atoms with E-state index in [1.807, 2.05) is 6.92 Å². The van der Waals surface area contributed by atoms with Crippen LogP contribution >= 0.6 is 0 Å². The summed E-state index contributed by atoms with van der Waals surface area (Å²) < 4.78 is 5.20. The molecule has 0 radical (unpaired) electrons. The average Bonchev–Trinajstić information content (AvgIpc) is 2.89. The average molecular weight is 273 g/mol. The highest BCUT2D eigenvalue weighted by atomic mass is 16.4. The summed E-state index contributed by atoms with van der Waals surface area (Å²) in [5.74, 6) is -0.868. The lowest BCUT2D eigenvalue weighted by Gasteiger charge is -2.11. The predicted molar refractivity (Wildman–Crippen MR) is 74.2 cm³/mol. The molecule has 2 aromatic rings. The highest BCUT2D eigenvalue weighted by molar-refractivity contribution is 6.08. The molecular formula is C15H15NO4. The molecule has 0 saturated carbocycles. The first kappa shape index (κ1) is 13.9. The van der Waals surface area contributed by atoms with Crippen LogP contribution in [-0.2, 0) is 6.42 Å². The van der Waals surface area contributed by atoms with Gasteiger partial charge in [-0.3, -0.25) is 4.79 Å². The molecule has 1 aromatic heterocycles. The van der Waals surface area contributed by atoms with Gasteiger partial charge in [-0.05, 0) is 24.6 Å². The standard InChI is InChI=1S/C15H15NO4/c1-3-12-10(7-8-20-12)14(17)16-13-9(2)5-4-6-11(13)15(18)19/h4-8H,3H2,1-2H3,(H,16,17)(H,18,19). The Morgan fingerprint density at radius 2 is 2.00 bits per heavy atom. The number of benzene rings is 1. The van der Waals surface area contributed by atoms with E-state index < -0.39 is 5.97 Å². The van der Waals surface area contributed by atoms with Crippen molar-refractivity contribution in [1.82, 2.24) is 0 Å². The first-order valence-corrected chi connectivity index (χ1v) is 6.25. The third-order valence-corrected chi connectivity index (χ3v) is 3.05. The molecule has 0 bridgehead atoms. The Kier molecular flexibility index (Phi) is 3.89. The Bertz CT molecular complexity index is 658. The van der Waals surface area contributed by atoms with Crippen molar-refractivity contribution in [3.8, 4) is 0 Å². The van der Waals surface area contributed by atoms with Gasteiger partial charge in [-0.15, -0.1) is 0 Å². The summed E-state index contributed by atoms with van der Waals surface area (Å²) in [6.45, 7) is 3.63. The van der Waals surface area contributed by atoms with Crippen LogP contribution in [0.25, 0.3) is 0 Å². The molecule has 104 valence electrons. The largest absolute Gasteiger partial charge is 0.478 e. The van der Waals surface area contributed by atoms with Crippen LogP contribution in [0.3, 0.4) is 0 Å². The monoisotopic (exact) mass is 273 g/mol. The number of aryl methyl sites for hydroxylation is 2. The van der Waals surface area contributed by atoms with Crippen molar-refractivity contribution >= 4 is 17.6 Å². The number of furan rings is 1. The second-order valence-corrected chi connectivity index (χ2v) is 4.37. The van der Waals surface area contributed by atoms with Crippen molar-refractivity contribution in [3.63, 3.8) is 0 Å². The fourth-order valence-electron chi connectivity index (χ4n) is 2.01. The molecule has 0 fully saturated rings. The van der Waals surface area contributed by atoms with E-state index in [0.717, 1.165) is 0 Å². The highest BCUT2D eigenvalue weighted by Gasteiger charge is 2.18. The highest BCUT2D eigenvalue weighted by Crippen LogP contribution is 2.22. The molecule has 5 heteroatoms. The van der Waals surface area contributed by atoms with Gasteiger partial charge in [-0.25, -0.2) is 4.79 Å². The van der Waals surface area contributed by atoms with E-state index >= 15 is 0 Å². The zero-order valence-corrected chi connectivity index (χ0v) is 11.3. The number of aromatic carboxylic acids is 1. The molecule has 0 atom stereocenters. The van der Waals surface area contributed by atoms with Crippen LogP contribution in [0.1, 0.15) is 39.0 Å². The smallest absolute Gasteiger partial charge is 0.337 e. The maximum absolute atomic E-state index is 12.2. The molecule has 2 rings (SSSR count). The van der Waals surface area contributed by atoms with E-state index in [9.17, 15) is 9.59 Å². The summed E-state index contributed by atoms with van der Waals surface area (Å²) in [5, 5.41) is 11.8. The fraction of sp³-hybridized carbons (Fsp3) is 0.200. The number of anilines is 1. The van der Waals surface area contributed by atoms with Crippen LogP contribution in [0.15, 0.2) is 34.9 Å². The minimum Gasteiger partial charge on any atom is -0.478 e. The quantitative estimate of drug-likeness (QED) is 0.897.